The summed E-state index contributed by atoms with van der Waals surface area (Å²) in [6.45, 7) is 13.4. The number of carboxylic acids is 1. The molecule has 2 aliphatic heterocycles. The smallest absolute Gasteiger partial charge is 0.306 e. The molecule has 202 valence electrons. The van der Waals surface area contributed by atoms with Crippen LogP contribution in [0.3, 0.4) is 0 Å². The molecule has 6 nitrogen and oxygen atoms in total. The molecule has 0 spiro atoms. The summed E-state index contributed by atoms with van der Waals surface area (Å²) in [7, 11) is -1.74. The summed E-state index contributed by atoms with van der Waals surface area (Å²) in [5.41, 5.74) is 1.25. The van der Waals surface area contributed by atoms with E-state index in [1.807, 2.05) is 0 Å². The highest BCUT2D eigenvalue weighted by Crippen LogP contribution is 2.42. The number of rotatable bonds is 13. The summed E-state index contributed by atoms with van der Waals surface area (Å²) in [6, 6.07) is 1.16. The molecule has 1 N–H and O–H groups in total. The Bertz CT molecular complexity index is 687. The lowest BCUT2D eigenvalue weighted by Gasteiger charge is -2.33. The first-order valence-electron chi connectivity index (χ1n) is 14.1. The SMILES string of the molecule is CCCC(CCC1=CC[C@@H]2[C@@H](CO[Si](C)(C)CC(C)C)[C@H](OC3CCCCO3)C[C@H]2OC1)C(=O)O. The van der Waals surface area contributed by atoms with Gasteiger partial charge in [0.25, 0.3) is 0 Å². The monoisotopic (exact) mass is 510 g/mol. The van der Waals surface area contributed by atoms with Gasteiger partial charge in [0.2, 0.25) is 0 Å². The Balaban J connectivity index is 1.65. The molecule has 2 heterocycles. The topological polar surface area (TPSA) is 74.2 Å². The van der Waals surface area contributed by atoms with E-state index in [2.05, 4.69) is 39.9 Å². The molecule has 1 saturated carbocycles. The quantitative estimate of drug-likeness (QED) is 0.228. The number of allylic oxidation sites excluding steroid dienone is 1. The predicted molar refractivity (Wildman–Crippen MR) is 141 cm³/mol. The standard InChI is InChI=1S/C28H50O6Si/c1-6-9-22(28(29)30)13-11-21-12-14-23-24(18-33-35(4,5)19-20(2)3)26(16-25(23)32-17-21)34-27-10-7-8-15-31-27/h12,20,22-27H,6-11,13-19H2,1-5H3,(H,29,30)/t22?,23-,24-,25-,26-,27?/m1/s1. The maximum absolute atomic E-state index is 11.6. The largest absolute Gasteiger partial charge is 0.481 e. The lowest BCUT2D eigenvalue weighted by molar-refractivity contribution is -0.198. The Morgan fingerprint density at radius 3 is 2.69 bits per heavy atom. The van der Waals surface area contributed by atoms with Crippen LogP contribution in [0.1, 0.15) is 78.6 Å². The number of ether oxygens (including phenoxy) is 3. The van der Waals surface area contributed by atoms with Crippen LogP contribution >= 0.6 is 0 Å². The van der Waals surface area contributed by atoms with Crippen LogP contribution in [-0.2, 0) is 23.4 Å². The van der Waals surface area contributed by atoms with Gasteiger partial charge in [-0.1, -0.05) is 33.3 Å². The number of hydrogen-bond donors (Lipinski definition) is 1. The second kappa shape index (κ2) is 13.7. The molecule has 2 fully saturated rings. The van der Waals surface area contributed by atoms with Gasteiger partial charge in [-0.2, -0.15) is 0 Å². The minimum Gasteiger partial charge on any atom is -0.481 e. The summed E-state index contributed by atoms with van der Waals surface area (Å²) in [5.74, 6) is 0.382. The summed E-state index contributed by atoms with van der Waals surface area (Å²) < 4.78 is 25.6. The molecule has 0 aromatic heterocycles. The molecular formula is C28H50O6Si. The number of fused-ring (bicyclic) bond motifs is 1. The zero-order valence-electron chi connectivity index (χ0n) is 22.8. The Morgan fingerprint density at radius 2 is 2.03 bits per heavy atom. The highest BCUT2D eigenvalue weighted by molar-refractivity contribution is 6.71. The molecule has 0 amide bonds. The summed E-state index contributed by atoms with van der Waals surface area (Å²) in [5, 5.41) is 9.51. The van der Waals surface area contributed by atoms with Gasteiger partial charge in [-0.3, -0.25) is 4.79 Å². The summed E-state index contributed by atoms with van der Waals surface area (Å²) in [4.78, 5) is 11.6. The molecule has 7 heteroatoms. The second-order valence-electron chi connectivity index (χ2n) is 12.0. The second-order valence-corrected chi connectivity index (χ2v) is 16.2. The molecule has 2 unspecified atom stereocenters. The number of carboxylic acid groups (broad SMARTS) is 1. The van der Waals surface area contributed by atoms with E-state index < -0.39 is 14.3 Å². The Morgan fingerprint density at radius 1 is 1.23 bits per heavy atom. The molecule has 3 aliphatic rings. The highest BCUT2D eigenvalue weighted by Gasteiger charge is 2.46. The predicted octanol–water partition coefficient (Wildman–Crippen LogP) is 6.41. The van der Waals surface area contributed by atoms with Crippen LogP contribution in [0.25, 0.3) is 0 Å². The van der Waals surface area contributed by atoms with Gasteiger partial charge >= 0.3 is 5.97 Å². The minimum atomic E-state index is -1.74. The summed E-state index contributed by atoms with van der Waals surface area (Å²) in [6.07, 6.45) is 10.7. The van der Waals surface area contributed by atoms with Crippen molar-refractivity contribution in [2.75, 3.05) is 19.8 Å². The van der Waals surface area contributed by atoms with Crippen LogP contribution < -0.4 is 0 Å². The fourth-order valence-corrected chi connectivity index (χ4v) is 8.99. The van der Waals surface area contributed by atoms with E-state index in [-0.39, 0.29) is 24.4 Å². The molecule has 0 bridgehead atoms. The van der Waals surface area contributed by atoms with Crippen LogP contribution in [0.5, 0.6) is 0 Å². The third kappa shape index (κ3) is 8.95. The van der Waals surface area contributed by atoms with Crippen LogP contribution in [0.2, 0.25) is 19.1 Å². The van der Waals surface area contributed by atoms with Crippen LogP contribution in [-0.4, -0.2) is 57.7 Å². The van der Waals surface area contributed by atoms with E-state index in [0.717, 1.165) is 70.6 Å². The molecule has 1 saturated heterocycles. The Hall–Kier alpha value is -0.733. The van der Waals surface area contributed by atoms with Crippen molar-refractivity contribution in [2.24, 2.45) is 23.7 Å². The van der Waals surface area contributed by atoms with Gasteiger partial charge in [-0.25, -0.2) is 0 Å². The van der Waals surface area contributed by atoms with Crippen molar-refractivity contribution in [3.8, 4) is 0 Å². The average molecular weight is 511 g/mol. The summed E-state index contributed by atoms with van der Waals surface area (Å²) >= 11 is 0. The fourth-order valence-electron chi connectivity index (χ4n) is 6.26. The van der Waals surface area contributed by atoms with Gasteiger partial charge in [-0.15, -0.1) is 0 Å². The number of aliphatic carboxylic acids is 1. The van der Waals surface area contributed by atoms with E-state index in [0.29, 0.717) is 30.8 Å². The first kappa shape index (κ1) is 28.8. The first-order chi connectivity index (χ1) is 16.7. The van der Waals surface area contributed by atoms with E-state index in [4.69, 9.17) is 18.6 Å². The van der Waals surface area contributed by atoms with Crippen molar-refractivity contribution in [2.45, 2.75) is 116 Å². The molecule has 0 aromatic carbocycles. The maximum Gasteiger partial charge on any atom is 0.306 e. The van der Waals surface area contributed by atoms with Gasteiger partial charge in [0, 0.05) is 25.6 Å². The van der Waals surface area contributed by atoms with E-state index in [9.17, 15) is 9.90 Å². The Kier molecular flexibility index (Phi) is 11.3. The average Bonchev–Trinajstić information content (AvgIpc) is 2.98. The van der Waals surface area contributed by atoms with Crippen molar-refractivity contribution < 1.29 is 28.5 Å². The van der Waals surface area contributed by atoms with Gasteiger partial charge in [0.15, 0.2) is 14.6 Å². The molecule has 35 heavy (non-hydrogen) atoms. The van der Waals surface area contributed by atoms with Gasteiger partial charge < -0.3 is 23.7 Å². The van der Waals surface area contributed by atoms with Gasteiger partial charge in [-0.05, 0) is 81.5 Å². The maximum atomic E-state index is 11.6. The lowest BCUT2D eigenvalue weighted by Crippen LogP contribution is -2.39. The van der Waals surface area contributed by atoms with E-state index >= 15 is 0 Å². The molecule has 0 aromatic rings. The molecule has 1 aliphatic carbocycles. The number of hydrogen-bond acceptors (Lipinski definition) is 5. The zero-order chi connectivity index (χ0) is 25.4. The van der Waals surface area contributed by atoms with Crippen molar-refractivity contribution in [3.05, 3.63) is 11.6 Å². The first-order valence-corrected chi connectivity index (χ1v) is 17.2. The molecule has 0 radical (unpaired) electrons. The van der Waals surface area contributed by atoms with Crippen LogP contribution in [0.4, 0.5) is 0 Å². The Labute approximate surface area is 214 Å². The lowest BCUT2D eigenvalue weighted by atomic mass is 9.90. The highest BCUT2D eigenvalue weighted by atomic mass is 28.4. The van der Waals surface area contributed by atoms with Crippen LogP contribution in [0, 0.1) is 23.7 Å². The molecule has 6 atom stereocenters. The van der Waals surface area contributed by atoms with E-state index in [1.165, 1.54) is 5.57 Å². The van der Waals surface area contributed by atoms with Crippen molar-refractivity contribution >= 4 is 14.3 Å². The van der Waals surface area contributed by atoms with Crippen molar-refractivity contribution in [1.82, 2.24) is 0 Å². The third-order valence-corrected chi connectivity index (χ3v) is 10.7. The number of carbonyl (C=O) groups is 1. The normalized spacial score (nSPS) is 30.6. The van der Waals surface area contributed by atoms with Gasteiger partial charge in [0.05, 0.1) is 24.7 Å². The third-order valence-electron chi connectivity index (χ3n) is 7.96. The van der Waals surface area contributed by atoms with Crippen molar-refractivity contribution in [1.29, 1.82) is 0 Å². The van der Waals surface area contributed by atoms with Crippen LogP contribution in [0.15, 0.2) is 11.6 Å². The van der Waals surface area contributed by atoms with Gasteiger partial charge in [0.1, 0.15) is 0 Å². The van der Waals surface area contributed by atoms with Crippen molar-refractivity contribution in [3.63, 3.8) is 0 Å². The van der Waals surface area contributed by atoms with E-state index in [1.54, 1.807) is 0 Å². The fraction of sp³-hybridized carbons (Fsp3) is 0.893. The zero-order valence-corrected chi connectivity index (χ0v) is 23.8. The minimum absolute atomic E-state index is 0.0999. The molecule has 3 rings (SSSR count). The molecular weight excluding hydrogens is 460 g/mol.